The molecule has 0 aromatic heterocycles. The van der Waals surface area contributed by atoms with Crippen LogP contribution in [0.5, 0.6) is 0 Å². The van der Waals surface area contributed by atoms with Crippen LogP contribution in [-0.4, -0.2) is 30.2 Å². The van der Waals surface area contributed by atoms with Crippen LogP contribution in [0.1, 0.15) is 26.7 Å². The van der Waals surface area contributed by atoms with Crippen LogP contribution in [0.4, 0.5) is 11.4 Å². The lowest BCUT2D eigenvalue weighted by Gasteiger charge is -2.29. The Morgan fingerprint density at radius 2 is 1.88 bits per heavy atom. The van der Waals surface area contributed by atoms with Gasteiger partial charge in [0.05, 0.1) is 10.7 Å². The molecule has 1 aromatic carbocycles. The van der Waals surface area contributed by atoms with E-state index in [0.717, 1.165) is 6.42 Å². The average molecular weight is 365 g/mol. The molecule has 7 nitrogen and oxygen atoms in total. The number of esters is 2. The second kappa shape index (κ2) is 6.40. The first kappa shape index (κ1) is 17.3. The molecule has 1 amide bonds. The first-order valence-corrected chi connectivity index (χ1v) is 8.18. The number of benzene rings is 1. The van der Waals surface area contributed by atoms with E-state index in [2.05, 4.69) is 5.32 Å². The van der Waals surface area contributed by atoms with E-state index in [1.165, 1.54) is 20.0 Å². The lowest BCUT2D eigenvalue weighted by atomic mass is 10.2. The van der Waals surface area contributed by atoms with Crippen LogP contribution in [0, 0.1) is 0 Å². The summed E-state index contributed by atoms with van der Waals surface area (Å²) in [6.07, 6.45) is 2.52. The van der Waals surface area contributed by atoms with Crippen LogP contribution >= 0.6 is 11.6 Å². The molecule has 0 aliphatic carbocycles. The van der Waals surface area contributed by atoms with E-state index in [1.807, 2.05) is 0 Å². The van der Waals surface area contributed by atoms with Gasteiger partial charge < -0.3 is 19.7 Å². The number of ether oxygens (including phenoxy) is 2. The molecule has 1 N–H and O–H groups in total. The van der Waals surface area contributed by atoms with Crippen LogP contribution in [0.2, 0.25) is 5.02 Å². The van der Waals surface area contributed by atoms with Gasteiger partial charge in [0.15, 0.2) is 5.57 Å². The topological polar surface area (TPSA) is 84.9 Å². The van der Waals surface area contributed by atoms with Gasteiger partial charge in [0.25, 0.3) is 5.79 Å². The summed E-state index contributed by atoms with van der Waals surface area (Å²) in [5.74, 6) is -2.81. The SMILES string of the molecule is CC1(C)OC(=O)C(=CNc2cc(N3CCCC3=O)ccc2Cl)C(=O)O1. The van der Waals surface area contributed by atoms with Crippen molar-refractivity contribution in [1.29, 1.82) is 0 Å². The van der Waals surface area contributed by atoms with Crippen molar-refractivity contribution in [2.45, 2.75) is 32.5 Å². The van der Waals surface area contributed by atoms with Gasteiger partial charge in [-0.2, -0.15) is 0 Å². The van der Waals surface area contributed by atoms with Crippen molar-refractivity contribution in [3.8, 4) is 0 Å². The molecule has 0 unspecified atom stereocenters. The fraction of sp³-hybridized carbons (Fsp3) is 0.353. The Kier molecular flexibility index (Phi) is 4.43. The number of carbonyl (C=O) groups excluding carboxylic acids is 3. The Balaban J connectivity index is 1.82. The number of cyclic esters (lactones) is 2. The van der Waals surface area contributed by atoms with E-state index in [4.69, 9.17) is 21.1 Å². The van der Waals surface area contributed by atoms with Crippen LogP contribution < -0.4 is 10.2 Å². The predicted octanol–water partition coefficient (Wildman–Crippen LogP) is 2.60. The summed E-state index contributed by atoms with van der Waals surface area (Å²) in [6, 6.07) is 5.07. The van der Waals surface area contributed by atoms with Gasteiger partial charge in [-0.15, -0.1) is 0 Å². The maximum atomic E-state index is 11.9. The number of nitrogens with zero attached hydrogens (tertiary/aromatic N) is 1. The Bertz CT molecular complexity index is 765. The summed E-state index contributed by atoms with van der Waals surface area (Å²) >= 11 is 6.15. The molecule has 8 heteroatoms. The molecular formula is C17H17ClN2O5. The number of halogens is 1. The molecule has 2 fully saturated rings. The number of amides is 1. The van der Waals surface area contributed by atoms with Gasteiger partial charge in [0, 0.05) is 38.7 Å². The van der Waals surface area contributed by atoms with E-state index in [1.54, 1.807) is 23.1 Å². The highest BCUT2D eigenvalue weighted by atomic mass is 35.5. The molecule has 132 valence electrons. The molecule has 25 heavy (non-hydrogen) atoms. The zero-order chi connectivity index (χ0) is 18.2. The number of rotatable bonds is 3. The fourth-order valence-electron chi connectivity index (χ4n) is 2.64. The molecule has 0 bridgehead atoms. The van der Waals surface area contributed by atoms with Crippen molar-refractivity contribution in [3.05, 3.63) is 35.0 Å². The quantitative estimate of drug-likeness (QED) is 0.504. The zero-order valence-corrected chi connectivity index (χ0v) is 14.6. The molecule has 3 rings (SSSR count). The van der Waals surface area contributed by atoms with Gasteiger partial charge in [0.1, 0.15) is 0 Å². The molecule has 0 atom stereocenters. The summed E-state index contributed by atoms with van der Waals surface area (Å²) in [6.45, 7) is 3.59. The monoisotopic (exact) mass is 364 g/mol. The van der Waals surface area contributed by atoms with Gasteiger partial charge in [-0.25, -0.2) is 9.59 Å². The van der Waals surface area contributed by atoms with Crippen LogP contribution in [0.25, 0.3) is 0 Å². The summed E-state index contributed by atoms with van der Waals surface area (Å²) in [4.78, 5) is 37.4. The molecule has 2 aliphatic heterocycles. The van der Waals surface area contributed by atoms with Crippen LogP contribution in [0.3, 0.4) is 0 Å². The summed E-state index contributed by atoms with van der Waals surface area (Å²) in [7, 11) is 0. The third-order valence-corrected chi connectivity index (χ3v) is 4.15. The largest absolute Gasteiger partial charge is 0.419 e. The van der Waals surface area contributed by atoms with Crippen LogP contribution in [-0.2, 0) is 23.9 Å². The molecule has 0 saturated carbocycles. The van der Waals surface area contributed by atoms with E-state index in [0.29, 0.717) is 29.4 Å². The van der Waals surface area contributed by atoms with Crippen molar-refractivity contribution in [2.24, 2.45) is 0 Å². The molecule has 2 heterocycles. The van der Waals surface area contributed by atoms with Crippen molar-refractivity contribution in [1.82, 2.24) is 0 Å². The normalized spacial score (nSPS) is 19.6. The highest BCUT2D eigenvalue weighted by Gasteiger charge is 2.39. The van der Waals surface area contributed by atoms with Gasteiger partial charge in [-0.1, -0.05) is 11.6 Å². The number of hydrogen-bond acceptors (Lipinski definition) is 6. The second-order valence-electron chi connectivity index (χ2n) is 6.19. The summed E-state index contributed by atoms with van der Waals surface area (Å²) in [5, 5.41) is 3.20. The standard InChI is InChI=1S/C17H17ClN2O5/c1-17(2)24-15(22)11(16(23)25-17)9-19-13-8-10(5-6-12(13)18)20-7-3-4-14(20)21/h5-6,8-9,19H,3-4,7H2,1-2H3. The Morgan fingerprint density at radius 1 is 1.20 bits per heavy atom. The van der Waals surface area contributed by atoms with Gasteiger partial charge in [0.2, 0.25) is 5.91 Å². The first-order chi connectivity index (χ1) is 11.8. The van der Waals surface area contributed by atoms with Gasteiger partial charge >= 0.3 is 11.9 Å². The number of anilines is 2. The third-order valence-electron chi connectivity index (χ3n) is 3.82. The van der Waals surface area contributed by atoms with Crippen molar-refractivity contribution in [3.63, 3.8) is 0 Å². The minimum absolute atomic E-state index is 0.0493. The highest BCUT2D eigenvalue weighted by molar-refractivity contribution is 6.33. The molecule has 2 saturated heterocycles. The minimum Gasteiger partial charge on any atom is -0.419 e. The zero-order valence-electron chi connectivity index (χ0n) is 13.8. The number of hydrogen-bond donors (Lipinski definition) is 1. The van der Waals surface area contributed by atoms with Crippen molar-refractivity contribution >= 4 is 40.8 Å². The van der Waals surface area contributed by atoms with Gasteiger partial charge in [-0.05, 0) is 24.6 Å². The maximum Gasteiger partial charge on any atom is 0.350 e. The molecular weight excluding hydrogens is 348 g/mol. The Labute approximate surface area is 149 Å². The molecule has 2 aliphatic rings. The summed E-state index contributed by atoms with van der Waals surface area (Å²) in [5.41, 5.74) is 0.887. The maximum absolute atomic E-state index is 11.9. The predicted molar refractivity (Wildman–Crippen MR) is 91.0 cm³/mol. The molecule has 0 radical (unpaired) electrons. The fourth-order valence-corrected chi connectivity index (χ4v) is 2.81. The highest BCUT2D eigenvalue weighted by Crippen LogP contribution is 2.30. The van der Waals surface area contributed by atoms with E-state index < -0.39 is 17.7 Å². The van der Waals surface area contributed by atoms with Crippen LogP contribution in [0.15, 0.2) is 30.0 Å². The Hall–Kier alpha value is -2.54. The van der Waals surface area contributed by atoms with Gasteiger partial charge in [-0.3, -0.25) is 4.79 Å². The molecule has 0 spiro atoms. The smallest absolute Gasteiger partial charge is 0.350 e. The lowest BCUT2D eigenvalue weighted by molar-refractivity contribution is -0.222. The average Bonchev–Trinajstić information content (AvgIpc) is 2.93. The molecule has 1 aromatic rings. The first-order valence-electron chi connectivity index (χ1n) is 7.80. The number of nitrogens with one attached hydrogen (secondary N) is 1. The lowest BCUT2D eigenvalue weighted by Crippen LogP contribution is -2.42. The van der Waals surface area contributed by atoms with E-state index in [-0.39, 0.29) is 11.5 Å². The summed E-state index contributed by atoms with van der Waals surface area (Å²) < 4.78 is 10.0. The second-order valence-corrected chi connectivity index (χ2v) is 6.60. The van der Waals surface area contributed by atoms with Crippen molar-refractivity contribution < 1.29 is 23.9 Å². The van der Waals surface area contributed by atoms with Crippen molar-refractivity contribution in [2.75, 3.05) is 16.8 Å². The van der Waals surface area contributed by atoms with E-state index in [9.17, 15) is 14.4 Å². The third kappa shape index (κ3) is 3.61. The van der Waals surface area contributed by atoms with E-state index >= 15 is 0 Å². The minimum atomic E-state index is -1.29. The number of carbonyl (C=O) groups is 3. The Morgan fingerprint density at radius 3 is 2.48 bits per heavy atom.